The largest absolute Gasteiger partial charge is 0.493 e. The Morgan fingerprint density at radius 1 is 1.00 bits per heavy atom. The van der Waals surface area contributed by atoms with Crippen molar-refractivity contribution >= 4 is 29.3 Å². The van der Waals surface area contributed by atoms with Crippen molar-refractivity contribution in [1.82, 2.24) is 15.1 Å². The van der Waals surface area contributed by atoms with E-state index in [4.69, 9.17) is 21.1 Å². The molecule has 0 unspecified atom stereocenters. The molecule has 1 aliphatic heterocycles. The summed E-state index contributed by atoms with van der Waals surface area (Å²) in [6.45, 7) is 5.13. The maximum absolute atomic E-state index is 13.0. The second kappa shape index (κ2) is 11.0. The predicted octanol–water partition coefficient (Wildman–Crippen LogP) is 2.74. The lowest BCUT2D eigenvalue weighted by Gasteiger charge is -2.34. The van der Waals surface area contributed by atoms with Crippen LogP contribution >= 0.6 is 11.6 Å². The SMILES string of the molecule is COc1cc(C(=O)N2CCN(C(=O)C(=O)NC(C)C)CC2)ccc1OCc1ccccc1Cl. The summed E-state index contributed by atoms with van der Waals surface area (Å²) in [6, 6.07) is 12.3. The Hall–Kier alpha value is -3.26. The third-order valence-electron chi connectivity index (χ3n) is 5.22. The van der Waals surface area contributed by atoms with Crippen LogP contribution in [0.3, 0.4) is 0 Å². The van der Waals surface area contributed by atoms with Crippen LogP contribution in [0.25, 0.3) is 0 Å². The molecule has 2 aromatic rings. The Morgan fingerprint density at radius 3 is 2.30 bits per heavy atom. The molecule has 33 heavy (non-hydrogen) atoms. The summed E-state index contributed by atoms with van der Waals surface area (Å²) in [4.78, 5) is 40.3. The number of halogens is 1. The van der Waals surface area contributed by atoms with Crippen LogP contribution < -0.4 is 14.8 Å². The van der Waals surface area contributed by atoms with Crippen molar-refractivity contribution in [2.45, 2.75) is 26.5 Å². The number of benzene rings is 2. The van der Waals surface area contributed by atoms with Gasteiger partial charge >= 0.3 is 11.8 Å². The highest BCUT2D eigenvalue weighted by Crippen LogP contribution is 2.30. The number of carbonyl (C=O) groups is 3. The van der Waals surface area contributed by atoms with Gasteiger partial charge in [0.25, 0.3) is 5.91 Å². The van der Waals surface area contributed by atoms with Crippen LogP contribution in [0, 0.1) is 0 Å². The minimum Gasteiger partial charge on any atom is -0.493 e. The molecule has 1 N–H and O–H groups in total. The first-order chi connectivity index (χ1) is 15.8. The number of methoxy groups -OCH3 is 1. The molecular weight excluding hydrogens is 446 g/mol. The fourth-order valence-corrected chi connectivity index (χ4v) is 3.64. The zero-order valence-electron chi connectivity index (χ0n) is 19.0. The highest BCUT2D eigenvalue weighted by atomic mass is 35.5. The number of hydrogen-bond acceptors (Lipinski definition) is 5. The monoisotopic (exact) mass is 473 g/mol. The van der Waals surface area contributed by atoms with Crippen LogP contribution in [0.1, 0.15) is 29.8 Å². The van der Waals surface area contributed by atoms with E-state index < -0.39 is 11.8 Å². The van der Waals surface area contributed by atoms with E-state index in [1.165, 1.54) is 12.0 Å². The number of nitrogens with zero attached hydrogens (tertiary/aromatic N) is 2. The van der Waals surface area contributed by atoms with Crippen molar-refractivity contribution in [3.8, 4) is 11.5 Å². The van der Waals surface area contributed by atoms with Gasteiger partial charge in [0.2, 0.25) is 0 Å². The molecule has 0 bridgehead atoms. The normalized spacial score (nSPS) is 13.6. The molecule has 1 fully saturated rings. The summed E-state index contributed by atoms with van der Waals surface area (Å²) in [5.74, 6) is -0.434. The van der Waals surface area contributed by atoms with E-state index in [-0.39, 0.29) is 18.6 Å². The Kier molecular flexibility index (Phi) is 8.16. The molecule has 8 nitrogen and oxygen atoms in total. The molecule has 1 heterocycles. The van der Waals surface area contributed by atoms with Gasteiger partial charge in [0.1, 0.15) is 6.61 Å². The maximum Gasteiger partial charge on any atom is 0.312 e. The van der Waals surface area contributed by atoms with Crippen LogP contribution in [0.5, 0.6) is 11.5 Å². The summed E-state index contributed by atoms with van der Waals surface area (Å²) in [5.41, 5.74) is 1.30. The standard InChI is InChI=1S/C24H28ClN3O5/c1-16(2)26-22(29)24(31)28-12-10-27(11-13-28)23(30)17-8-9-20(21(14-17)32-3)33-15-18-6-4-5-7-19(18)25/h4-9,14,16H,10-13,15H2,1-3H3,(H,26,29). The van der Waals surface area contributed by atoms with Gasteiger partial charge in [-0.3, -0.25) is 14.4 Å². The lowest BCUT2D eigenvalue weighted by molar-refractivity contribution is -0.147. The molecule has 0 aromatic heterocycles. The van der Waals surface area contributed by atoms with Crippen molar-refractivity contribution in [2.24, 2.45) is 0 Å². The lowest BCUT2D eigenvalue weighted by atomic mass is 10.1. The predicted molar refractivity (Wildman–Crippen MR) is 125 cm³/mol. The van der Waals surface area contributed by atoms with Crippen LogP contribution in [0.2, 0.25) is 5.02 Å². The molecule has 0 radical (unpaired) electrons. The van der Waals surface area contributed by atoms with Crippen LogP contribution in [-0.4, -0.2) is 66.9 Å². The smallest absolute Gasteiger partial charge is 0.312 e. The van der Waals surface area contributed by atoms with Crippen LogP contribution in [0.15, 0.2) is 42.5 Å². The van der Waals surface area contributed by atoms with E-state index >= 15 is 0 Å². The molecule has 3 amide bonds. The second-order valence-corrected chi connectivity index (χ2v) is 8.37. The van der Waals surface area contributed by atoms with Gasteiger partial charge in [0.05, 0.1) is 7.11 Å². The van der Waals surface area contributed by atoms with E-state index in [1.807, 2.05) is 18.2 Å². The van der Waals surface area contributed by atoms with Crippen molar-refractivity contribution in [3.63, 3.8) is 0 Å². The van der Waals surface area contributed by atoms with Gasteiger partial charge in [-0.05, 0) is 38.1 Å². The third-order valence-corrected chi connectivity index (χ3v) is 5.59. The quantitative estimate of drug-likeness (QED) is 0.652. The summed E-state index contributed by atoms with van der Waals surface area (Å²) in [6.07, 6.45) is 0. The topological polar surface area (TPSA) is 88.2 Å². The Balaban J connectivity index is 1.61. The van der Waals surface area contributed by atoms with Gasteiger partial charge in [-0.15, -0.1) is 0 Å². The molecular formula is C24H28ClN3O5. The minimum atomic E-state index is -0.623. The van der Waals surface area contributed by atoms with E-state index in [2.05, 4.69) is 5.32 Å². The van der Waals surface area contributed by atoms with Crippen molar-refractivity contribution < 1.29 is 23.9 Å². The molecule has 1 aliphatic rings. The van der Waals surface area contributed by atoms with Gasteiger partial charge in [-0.2, -0.15) is 0 Å². The van der Waals surface area contributed by atoms with Crippen LogP contribution in [0.4, 0.5) is 0 Å². The molecule has 0 spiro atoms. The molecule has 176 valence electrons. The third kappa shape index (κ3) is 6.16. The summed E-state index contributed by atoms with van der Waals surface area (Å²) < 4.78 is 11.3. The molecule has 0 aliphatic carbocycles. The summed E-state index contributed by atoms with van der Waals surface area (Å²) in [5, 5.41) is 3.21. The first-order valence-electron chi connectivity index (χ1n) is 10.7. The van der Waals surface area contributed by atoms with Gasteiger partial charge < -0.3 is 24.6 Å². The van der Waals surface area contributed by atoms with Gasteiger partial charge in [0.15, 0.2) is 11.5 Å². The zero-order chi connectivity index (χ0) is 24.0. The zero-order valence-corrected chi connectivity index (χ0v) is 19.7. The minimum absolute atomic E-state index is 0.115. The van der Waals surface area contributed by atoms with E-state index in [0.29, 0.717) is 48.3 Å². The van der Waals surface area contributed by atoms with E-state index in [9.17, 15) is 14.4 Å². The Bertz CT molecular complexity index is 1020. The van der Waals surface area contributed by atoms with Crippen molar-refractivity contribution in [1.29, 1.82) is 0 Å². The first-order valence-corrected chi connectivity index (χ1v) is 11.1. The number of piperazine rings is 1. The fraction of sp³-hybridized carbons (Fsp3) is 0.375. The number of rotatable bonds is 6. The van der Waals surface area contributed by atoms with Gasteiger partial charge in [-0.25, -0.2) is 0 Å². The van der Waals surface area contributed by atoms with Crippen molar-refractivity contribution in [2.75, 3.05) is 33.3 Å². The molecule has 1 saturated heterocycles. The molecule has 3 rings (SSSR count). The number of nitrogens with one attached hydrogen (secondary N) is 1. The van der Waals surface area contributed by atoms with Crippen LogP contribution in [-0.2, 0) is 16.2 Å². The fourth-order valence-electron chi connectivity index (χ4n) is 3.45. The Morgan fingerprint density at radius 2 is 1.67 bits per heavy atom. The summed E-state index contributed by atoms with van der Waals surface area (Å²) in [7, 11) is 1.51. The molecule has 9 heteroatoms. The van der Waals surface area contributed by atoms with E-state index in [0.717, 1.165) is 5.56 Å². The average molecular weight is 474 g/mol. The molecule has 0 atom stereocenters. The molecule has 0 saturated carbocycles. The first kappa shape index (κ1) is 24.4. The van der Waals surface area contributed by atoms with Crippen molar-refractivity contribution in [3.05, 3.63) is 58.6 Å². The maximum atomic E-state index is 13.0. The average Bonchev–Trinajstić information content (AvgIpc) is 2.82. The number of hydrogen-bond donors (Lipinski definition) is 1. The highest BCUT2D eigenvalue weighted by molar-refractivity contribution is 6.35. The van der Waals surface area contributed by atoms with Gasteiger partial charge in [-0.1, -0.05) is 29.8 Å². The Labute approximate surface area is 198 Å². The molecule has 2 aromatic carbocycles. The highest BCUT2D eigenvalue weighted by Gasteiger charge is 2.28. The number of ether oxygens (including phenoxy) is 2. The number of amides is 3. The van der Waals surface area contributed by atoms with E-state index in [1.54, 1.807) is 43.0 Å². The lowest BCUT2D eigenvalue weighted by Crippen LogP contribution is -2.54. The van der Waals surface area contributed by atoms with Gasteiger partial charge in [0, 0.05) is 48.4 Å². The second-order valence-electron chi connectivity index (χ2n) is 7.96. The summed E-state index contributed by atoms with van der Waals surface area (Å²) >= 11 is 6.18. The number of carbonyl (C=O) groups excluding carboxylic acids is 3.